The van der Waals surface area contributed by atoms with Gasteiger partial charge < -0.3 is 5.32 Å². The van der Waals surface area contributed by atoms with Gasteiger partial charge in [-0.25, -0.2) is 0 Å². The van der Waals surface area contributed by atoms with E-state index in [2.05, 4.69) is 35.5 Å². The van der Waals surface area contributed by atoms with E-state index in [0.29, 0.717) is 12.6 Å². The standard InChI is InChI=1S/C14H22N2OS/c1-3-7-15-14(17)10-16-8-5-13-11(6-9-18-13)12(16)4-2/h6,9,12H,3-5,7-8,10H2,1-2H3,(H,15,17). The summed E-state index contributed by atoms with van der Waals surface area (Å²) in [5, 5.41) is 5.14. The number of hydrogen-bond acceptors (Lipinski definition) is 3. The molecular formula is C14H22N2OS. The van der Waals surface area contributed by atoms with E-state index in [9.17, 15) is 4.79 Å². The Balaban J connectivity index is 1.99. The summed E-state index contributed by atoms with van der Waals surface area (Å²) in [6.07, 6.45) is 3.16. The summed E-state index contributed by atoms with van der Waals surface area (Å²) in [6.45, 7) is 6.61. The molecule has 1 aromatic heterocycles. The summed E-state index contributed by atoms with van der Waals surface area (Å²) in [7, 11) is 0. The topological polar surface area (TPSA) is 32.3 Å². The highest BCUT2D eigenvalue weighted by Gasteiger charge is 2.27. The first-order valence-corrected chi connectivity index (χ1v) is 7.71. The molecule has 1 unspecified atom stereocenters. The van der Waals surface area contributed by atoms with Crippen molar-refractivity contribution in [2.45, 2.75) is 39.2 Å². The van der Waals surface area contributed by atoms with Crippen molar-refractivity contribution >= 4 is 17.2 Å². The van der Waals surface area contributed by atoms with Gasteiger partial charge in [0.25, 0.3) is 0 Å². The molecule has 0 radical (unpaired) electrons. The first-order chi connectivity index (χ1) is 8.76. The molecule has 0 bridgehead atoms. The van der Waals surface area contributed by atoms with Gasteiger partial charge in [0, 0.05) is 24.0 Å². The summed E-state index contributed by atoms with van der Waals surface area (Å²) in [6, 6.07) is 2.65. The summed E-state index contributed by atoms with van der Waals surface area (Å²) >= 11 is 1.85. The summed E-state index contributed by atoms with van der Waals surface area (Å²) in [5.41, 5.74) is 1.44. The highest BCUT2D eigenvalue weighted by molar-refractivity contribution is 7.10. The first kappa shape index (κ1) is 13.6. The number of nitrogens with zero attached hydrogens (tertiary/aromatic N) is 1. The molecule has 0 fully saturated rings. The fraction of sp³-hybridized carbons (Fsp3) is 0.643. The second kappa shape index (κ2) is 6.34. The van der Waals surface area contributed by atoms with Crippen LogP contribution in [-0.2, 0) is 11.2 Å². The predicted octanol–water partition coefficient (Wildman–Crippen LogP) is 2.58. The average Bonchev–Trinajstić information content (AvgIpc) is 2.84. The maximum atomic E-state index is 11.8. The zero-order valence-electron chi connectivity index (χ0n) is 11.2. The van der Waals surface area contributed by atoms with E-state index < -0.39 is 0 Å². The van der Waals surface area contributed by atoms with Crippen molar-refractivity contribution in [1.29, 1.82) is 0 Å². The maximum absolute atomic E-state index is 11.8. The third-order valence-corrected chi connectivity index (χ3v) is 4.51. The van der Waals surface area contributed by atoms with Crippen molar-refractivity contribution in [3.8, 4) is 0 Å². The lowest BCUT2D eigenvalue weighted by Crippen LogP contribution is -2.42. The zero-order chi connectivity index (χ0) is 13.0. The molecule has 0 aliphatic carbocycles. The van der Waals surface area contributed by atoms with Crippen molar-refractivity contribution in [2.24, 2.45) is 0 Å². The lowest BCUT2D eigenvalue weighted by atomic mass is 9.98. The molecular weight excluding hydrogens is 244 g/mol. The third kappa shape index (κ3) is 2.93. The van der Waals surface area contributed by atoms with Crippen LogP contribution < -0.4 is 5.32 Å². The Morgan fingerprint density at radius 1 is 1.56 bits per heavy atom. The van der Waals surface area contributed by atoms with Crippen molar-refractivity contribution in [1.82, 2.24) is 10.2 Å². The monoisotopic (exact) mass is 266 g/mol. The fourth-order valence-corrected chi connectivity index (χ4v) is 3.55. The molecule has 100 valence electrons. The van der Waals surface area contributed by atoms with Gasteiger partial charge in [0.1, 0.15) is 0 Å². The van der Waals surface area contributed by atoms with Crippen LogP contribution in [0.4, 0.5) is 0 Å². The molecule has 0 saturated heterocycles. The minimum atomic E-state index is 0.161. The summed E-state index contributed by atoms with van der Waals surface area (Å²) in [5.74, 6) is 0.161. The van der Waals surface area contributed by atoms with E-state index in [1.54, 1.807) is 0 Å². The second-order valence-electron chi connectivity index (χ2n) is 4.79. The van der Waals surface area contributed by atoms with Crippen LogP contribution in [0.15, 0.2) is 11.4 Å². The molecule has 0 spiro atoms. The number of rotatable bonds is 5. The van der Waals surface area contributed by atoms with Gasteiger partial charge in [-0.15, -0.1) is 11.3 Å². The average molecular weight is 266 g/mol. The quantitative estimate of drug-likeness (QED) is 0.888. The lowest BCUT2D eigenvalue weighted by molar-refractivity contribution is -0.122. The van der Waals surface area contributed by atoms with Gasteiger partial charge in [-0.3, -0.25) is 9.69 Å². The largest absolute Gasteiger partial charge is 0.355 e. The Labute approximate surface area is 113 Å². The molecule has 1 amide bonds. The molecule has 1 N–H and O–H groups in total. The van der Waals surface area contributed by atoms with Gasteiger partial charge in [-0.2, -0.15) is 0 Å². The Kier molecular flexibility index (Phi) is 4.78. The second-order valence-corrected chi connectivity index (χ2v) is 5.79. The molecule has 1 aliphatic rings. The minimum Gasteiger partial charge on any atom is -0.355 e. The van der Waals surface area contributed by atoms with Crippen LogP contribution in [0.2, 0.25) is 0 Å². The number of carbonyl (C=O) groups excluding carboxylic acids is 1. The Hall–Kier alpha value is -0.870. The number of thiophene rings is 1. The van der Waals surface area contributed by atoms with Crippen LogP contribution in [0, 0.1) is 0 Å². The van der Waals surface area contributed by atoms with Crippen LogP contribution >= 0.6 is 11.3 Å². The van der Waals surface area contributed by atoms with Gasteiger partial charge >= 0.3 is 0 Å². The van der Waals surface area contributed by atoms with E-state index in [1.165, 1.54) is 10.4 Å². The van der Waals surface area contributed by atoms with E-state index in [4.69, 9.17) is 0 Å². The Bertz CT molecular complexity index is 402. The molecule has 3 nitrogen and oxygen atoms in total. The molecule has 4 heteroatoms. The lowest BCUT2D eigenvalue weighted by Gasteiger charge is -2.34. The first-order valence-electron chi connectivity index (χ1n) is 6.83. The third-order valence-electron chi connectivity index (χ3n) is 3.51. The molecule has 2 rings (SSSR count). The van der Waals surface area contributed by atoms with Crippen LogP contribution in [0.5, 0.6) is 0 Å². The number of nitrogens with one attached hydrogen (secondary N) is 1. The fourth-order valence-electron chi connectivity index (χ4n) is 2.62. The Morgan fingerprint density at radius 3 is 3.11 bits per heavy atom. The number of carbonyl (C=O) groups is 1. The highest BCUT2D eigenvalue weighted by Crippen LogP contribution is 2.34. The SMILES string of the molecule is CCCNC(=O)CN1CCc2sccc2C1CC. The molecule has 18 heavy (non-hydrogen) atoms. The van der Waals surface area contributed by atoms with Crippen LogP contribution in [0.1, 0.15) is 43.2 Å². The van der Waals surface area contributed by atoms with Gasteiger partial charge in [0.15, 0.2) is 0 Å². The van der Waals surface area contributed by atoms with Gasteiger partial charge in [0.05, 0.1) is 6.54 Å². The normalized spacial score (nSPS) is 19.6. The van der Waals surface area contributed by atoms with Crippen LogP contribution in [-0.4, -0.2) is 30.4 Å². The molecule has 0 aromatic carbocycles. The van der Waals surface area contributed by atoms with Crippen LogP contribution in [0.25, 0.3) is 0 Å². The van der Waals surface area contributed by atoms with E-state index in [0.717, 1.165) is 32.4 Å². The van der Waals surface area contributed by atoms with E-state index >= 15 is 0 Å². The number of amides is 1. The maximum Gasteiger partial charge on any atom is 0.234 e. The van der Waals surface area contributed by atoms with E-state index in [1.807, 2.05) is 11.3 Å². The summed E-state index contributed by atoms with van der Waals surface area (Å²) < 4.78 is 0. The van der Waals surface area contributed by atoms with Gasteiger partial charge in [-0.1, -0.05) is 13.8 Å². The molecule has 1 aromatic rings. The zero-order valence-corrected chi connectivity index (χ0v) is 12.1. The molecule has 1 aliphatic heterocycles. The molecule has 1 atom stereocenters. The minimum absolute atomic E-state index is 0.161. The predicted molar refractivity (Wildman–Crippen MR) is 75.9 cm³/mol. The van der Waals surface area contributed by atoms with Gasteiger partial charge in [-0.05, 0) is 36.3 Å². The van der Waals surface area contributed by atoms with Crippen molar-refractivity contribution in [2.75, 3.05) is 19.6 Å². The number of fused-ring (bicyclic) bond motifs is 1. The highest BCUT2D eigenvalue weighted by atomic mass is 32.1. The van der Waals surface area contributed by atoms with Crippen molar-refractivity contribution in [3.63, 3.8) is 0 Å². The molecule has 0 saturated carbocycles. The van der Waals surface area contributed by atoms with E-state index in [-0.39, 0.29) is 5.91 Å². The van der Waals surface area contributed by atoms with Crippen molar-refractivity contribution in [3.05, 3.63) is 21.9 Å². The summed E-state index contributed by atoms with van der Waals surface area (Å²) in [4.78, 5) is 15.7. The number of hydrogen-bond donors (Lipinski definition) is 1. The van der Waals surface area contributed by atoms with Gasteiger partial charge in [0.2, 0.25) is 5.91 Å². The Morgan fingerprint density at radius 2 is 2.39 bits per heavy atom. The molecule has 2 heterocycles. The smallest absolute Gasteiger partial charge is 0.234 e. The van der Waals surface area contributed by atoms with Crippen LogP contribution in [0.3, 0.4) is 0 Å². The van der Waals surface area contributed by atoms with Crippen molar-refractivity contribution < 1.29 is 4.79 Å².